The van der Waals surface area contributed by atoms with Gasteiger partial charge in [-0.1, -0.05) is 188 Å². The second kappa shape index (κ2) is 14.3. The molecule has 2 heterocycles. The topological polar surface area (TPSA) is 43.6 Å². The molecule has 0 unspecified atom stereocenters. The minimum absolute atomic E-state index is 0.617. The molecule has 0 aliphatic rings. The largest absolute Gasteiger partial charge is 0.309 e. The maximum absolute atomic E-state index is 5.32. The molecule has 0 radical (unpaired) electrons. The number of benzene rings is 10. The highest BCUT2D eigenvalue weighted by molar-refractivity contribution is 6.20. The van der Waals surface area contributed by atoms with E-state index in [-0.39, 0.29) is 0 Å². The fraction of sp³-hybridized carbons (Fsp3) is 0. The Morgan fingerprint density at radius 1 is 0.295 bits per heavy atom. The van der Waals surface area contributed by atoms with Gasteiger partial charge in [0.05, 0.1) is 11.0 Å². The normalized spacial score (nSPS) is 11.6. The molecule has 10 aromatic carbocycles. The minimum atomic E-state index is 0.617. The van der Waals surface area contributed by atoms with Crippen molar-refractivity contribution in [1.29, 1.82) is 0 Å². The molecule has 0 saturated carbocycles. The summed E-state index contributed by atoms with van der Waals surface area (Å²) in [7, 11) is 0. The Bertz CT molecular complexity index is 3610. The van der Waals surface area contributed by atoms with Crippen LogP contribution in [0.5, 0.6) is 0 Å². The van der Waals surface area contributed by atoms with Crippen molar-refractivity contribution in [2.45, 2.75) is 0 Å². The van der Waals surface area contributed by atoms with Crippen molar-refractivity contribution in [2.75, 3.05) is 0 Å². The molecule has 0 saturated heterocycles. The van der Waals surface area contributed by atoms with Gasteiger partial charge in [0.25, 0.3) is 0 Å². The zero-order valence-corrected chi connectivity index (χ0v) is 33.1. The second-order valence-electron chi connectivity index (χ2n) is 15.6. The summed E-state index contributed by atoms with van der Waals surface area (Å²) in [6, 6.07) is 77.5. The number of fused-ring (bicyclic) bond motifs is 7. The number of para-hydroxylation sites is 3. The summed E-state index contributed by atoms with van der Waals surface area (Å²) in [4.78, 5) is 15.8. The molecule has 12 aromatic rings. The number of aromatic nitrogens is 4. The summed E-state index contributed by atoms with van der Waals surface area (Å²) in [5.41, 5.74) is 10.7. The predicted octanol–water partition coefficient (Wildman–Crippen LogP) is 14.8. The molecule has 4 nitrogen and oxygen atoms in total. The third-order valence-corrected chi connectivity index (χ3v) is 12.0. The van der Waals surface area contributed by atoms with Crippen LogP contribution < -0.4 is 0 Å². The molecule has 0 aliphatic heterocycles. The molecule has 0 amide bonds. The summed E-state index contributed by atoms with van der Waals surface area (Å²) in [5.74, 6) is 1.86. The summed E-state index contributed by atoms with van der Waals surface area (Å²) < 4.78 is 2.34. The molecule has 61 heavy (non-hydrogen) atoms. The first kappa shape index (κ1) is 34.8. The lowest BCUT2D eigenvalue weighted by molar-refractivity contribution is 1.07. The van der Waals surface area contributed by atoms with E-state index in [9.17, 15) is 0 Å². The van der Waals surface area contributed by atoms with Crippen molar-refractivity contribution < 1.29 is 0 Å². The lowest BCUT2D eigenvalue weighted by atomic mass is 9.89. The molecule has 0 bridgehead atoms. The van der Waals surface area contributed by atoms with Crippen LogP contribution >= 0.6 is 0 Å². The molecular formula is C57H36N4. The molecule has 0 atom stereocenters. The third-order valence-electron chi connectivity index (χ3n) is 12.0. The molecular weight excluding hydrogens is 741 g/mol. The highest BCUT2D eigenvalue weighted by atomic mass is 15.0. The van der Waals surface area contributed by atoms with Crippen molar-refractivity contribution in [3.63, 3.8) is 0 Å². The van der Waals surface area contributed by atoms with E-state index in [0.717, 1.165) is 49.9 Å². The van der Waals surface area contributed by atoms with Crippen LogP contribution in [0.1, 0.15) is 0 Å². The first-order chi connectivity index (χ1) is 30.2. The molecule has 0 spiro atoms. The number of nitrogens with zero attached hydrogens (tertiary/aromatic N) is 4. The third kappa shape index (κ3) is 5.88. The summed E-state index contributed by atoms with van der Waals surface area (Å²) in [5, 5.41) is 9.75. The molecule has 284 valence electrons. The Morgan fingerprint density at radius 2 is 0.836 bits per heavy atom. The van der Waals surface area contributed by atoms with Crippen LogP contribution in [0, 0.1) is 0 Å². The SMILES string of the molecule is c1ccc(-c2ccc(-c3nc(-c4ccc(-c5c6ccccc6cc6c5ccc5ccccc56)cc4)nc(-c4cccc5c6ccccc6n(-c6ccccc6)c45)n3)cc2)cc1. The van der Waals surface area contributed by atoms with E-state index in [1.54, 1.807) is 0 Å². The smallest absolute Gasteiger partial charge is 0.166 e. The fourth-order valence-electron chi connectivity index (χ4n) is 9.16. The van der Waals surface area contributed by atoms with Gasteiger partial charge in [-0.15, -0.1) is 0 Å². The molecule has 12 rings (SSSR count). The van der Waals surface area contributed by atoms with Crippen LogP contribution in [-0.2, 0) is 0 Å². The standard InChI is InChI=1S/C57H36N4/c1-3-14-37(15-4-1)38-26-30-41(31-27-38)55-58-56(60-57(59-55)50-24-13-23-49-47-22-11-12-25-52(47)61(54(49)50)44-18-5-2-6-19-44)42-32-28-40(29-33-42)53-46-21-10-8-17-43(46)36-51-45-20-9-7-16-39(45)34-35-48(51)53/h1-36H. The van der Waals surface area contributed by atoms with E-state index in [1.165, 1.54) is 48.8 Å². The van der Waals surface area contributed by atoms with E-state index >= 15 is 0 Å². The van der Waals surface area contributed by atoms with Gasteiger partial charge in [0, 0.05) is 33.2 Å². The van der Waals surface area contributed by atoms with Crippen LogP contribution in [0.4, 0.5) is 0 Å². The lowest BCUT2D eigenvalue weighted by Crippen LogP contribution is -2.02. The summed E-state index contributed by atoms with van der Waals surface area (Å²) >= 11 is 0. The zero-order chi connectivity index (χ0) is 40.3. The van der Waals surface area contributed by atoms with Gasteiger partial charge in [-0.05, 0) is 84.9 Å². The highest BCUT2D eigenvalue weighted by Crippen LogP contribution is 2.41. The van der Waals surface area contributed by atoms with E-state index in [2.05, 4.69) is 217 Å². The van der Waals surface area contributed by atoms with Crippen molar-refractivity contribution >= 4 is 54.1 Å². The van der Waals surface area contributed by atoms with Gasteiger partial charge < -0.3 is 4.57 Å². The molecule has 0 N–H and O–H groups in total. The predicted molar refractivity (Wildman–Crippen MR) is 254 cm³/mol. The summed E-state index contributed by atoms with van der Waals surface area (Å²) in [6.07, 6.45) is 0. The molecule has 2 aromatic heterocycles. The number of hydrogen-bond donors (Lipinski definition) is 0. The first-order valence-electron chi connectivity index (χ1n) is 20.7. The van der Waals surface area contributed by atoms with E-state index in [0.29, 0.717) is 17.5 Å². The Kier molecular flexibility index (Phi) is 8.13. The van der Waals surface area contributed by atoms with Crippen LogP contribution in [0.15, 0.2) is 218 Å². The van der Waals surface area contributed by atoms with Gasteiger partial charge in [0.15, 0.2) is 17.5 Å². The average Bonchev–Trinajstić information content (AvgIpc) is 3.68. The Morgan fingerprint density at radius 3 is 1.57 bits per heavy atom. The Hall–Kier alpha value is -8.21. The van der Waals surface area contributed by atoms with Crippen molar-refractivity contribution in [3.05, 3.63) is 218 Å². The minimum Gasteiger partial charge on any atom is -0.309 e. The Labute approximate surface area is 352 Å². The van der Waals surface area contributed by atoms with Crippen LogP contribution in [-0.4, -0.2) is 19.5 Å². The van der Waals surface area contributed by atoms with Gasteiger partial charge >= 0.3 is 0 Å². The van der Waals surface area contributed by atoms with Gasteiger partial charge in [0.1, 0.15) is 0 Å². The van der Waals surface area contributed by atoms with Gasteiger partial charge in [0.2, 0.25) is 0 Å². The second-order valence-corrected chi connectivity index (χ2v) is 15.6. The first-order valence-corrected chi connectivity index (χ1v) is 20.7. The molecule has 4 heteroatoms. The maximum Gasteiger partial charge on any atom is 0.166 e. The van der Waals surface area contributed by atoms with Crippen LogP contribution in [0.3, 0.4) is 0 Å². The maximum atomic E-state index is 5.32. The summed E-state index contributed by atoms with van der Waals surface area (Å²) in [6.45, 7) is 0. The average molecular weight is 777 g/mol. The number of rotatable bonds is 6. The van der Waals surface area contributed by atoms with E-state index in [1.807, 2.05) is 6.07 Å². The lowest BCUT2D eigenvalue weighted by Gasteiger charge is -2.15. The van der Waals surface area contributed by atoms with Crippen molar-refractivity contribution in [2.24, 2.45) is 0 Å². The Balaban J connectivity index is 1.06. The van der Waals surface area contributed by atoms with E-state index in [4.69, 9.17) is 15.0 Å². The fourth-order valence-corrected chi connectivity index (χ4v) is 9.16. The monoisotopic (exact) mass is 776 g/mol. The van der Waals surface area contributed by atoms with E-state index < -0.39 is 0 Å². The molecule has 0 fully saturated rings. The van der Waals surface area contributed by atoms with Gasteiger partial charge in [-0.25, -0.2) is 15.0 Å². The van der Waals surface area contributed by atoms with Gasteiger partial charge in [-0.3, -0.25) is 0 Å². The number of hydrogen-bond acceptors (Lipinski definition) is 3. The zero-order valence-electron chi connectivity index (χ0n) is 33.1. The van der Waals surface area contributed by atoms with Crippen molar-refractivity contribution in [3.8, 4) is 62.1 Å². The highest BCUT2D eigenvalue weighted by Gasteiger charge is 2.20. The molecule has 0 aliphatic carbocycles. The van der Waals surface area contributed by atoms with Crippen LogP contribution in [0.25, 0.3) is 116 Å². The van der Waals surface area contributed by atoms with Gasteiger partial charge in [-0.2, -0.15) is 0 Å². The van der Waals surface area contributed by atoms with Crippen LogP contribution in [0.2, 0.25) is 0 Å². The van der Waals surface area contributed by atoms with Crippen molar-refractivity contribution in [1.82, 2.24) is 19.5 Å². The quantitative estimate of drug-likeness (QED) is 0.125.